The molecule has 12 nitrogen and oxygen atoms in total. The van der Waals surface area contributed by atoms with Crippen molar-refractivity contribution in [2.24, 2.45) is 0 Å². The summed E-state index contributed by atoms with van der Waals surface area (Å²) in [7, 11) is 0. The summed E-state index contributed by atoms with van der Waals surface area (Å²) in [6.45, 7) is 10.6. The number of nitrogens with zero attached hydrogens (tertiary/aromatic N) is 7. The molecule has 0 saturated carbocycles. The van der Waals surface area contributed by atoms with Crippen LogP contribution in [0.15, 0.2) is 42.6 Å². The van der Waals surface area contributed by atoms with Gasteiger partial charge in [0, 0.05) is 50.8 Å². The van der Waals surface area contributed by atoms with Crippen LogP contribution in [0.2, 0.25) is 0 Å². The molecule has 4 aliphatic heterocycles. The maximum absolute atomic E-state index is 13.0. The summed E-state index contributed by atoms with van der Waals surface area (Å²) >= 11 is 0. The Morgan fingerprint density at radius 1 is 1.02 bits per heavy atom. The lowest BCUT2D eigenvalue weighted by Gasteiger charge is -2.42. The second-order valence-corrected chi connectivity index (χ2v) is 14.4. The van der Waals surface area contributed by atoms with Crippen molar-refractivity contribution in [3.63, 3.8) is 0 Å². The average Bonchev–Trinajstić information content (AvgIpc) is 3.59. The first-order valence-electron chi connectivity index (χ1n) is 17.3. The van der Waals surface area contributed by atoms with Crippen molar-refractivity contribution in [2.45, 2.75) is 96.1 Å². The Bertz CT molecular complexity index is 1840. The Balaban J connectivity index is 1.11. The summed E-state index contributed by atoms with van der Waals surface area (Å²) in [5.41, 5.74) is 4.32. The number of aromatic nitrogens is 5. The SMILES string of the molecule is Cc1nc2c(N3CCCc4ncccc43)nn(C3CCCCO3)c2nc1N1CCC2(CC1)Oc1ccccc1[C@H]2NC(=O)OC(C)(C)C. The van der Waals surface area contributed by atoms with E-state index in [1.165, 1.54) is 0 Å². The minimum absolute atomic E-state index is 0.187. The summed E-state index contributed by atoms with van der Waals surface area (Å²) < 4.78 is 20.6. The van der Waals surface area contributed by atoms with Gasteiger partial charge in [0.2, 0.25) is 0 Å². The Hall–Kier alpha value is -4.45. The molecule has 0 radical (unpaired) electrons. The Kier molecular flexibility index (Phi) is 7.65. The molecule has 1 aromatic carbocycles. The molecule has 0 aliphatic carbocycles. The van der Waals surface area contributed by atoms with Crippen molar-refractivity contribution < 1.29 is 19.0 Å². The van der Waals surface area contributed by atoms with Gasteiger partial charge in [0.1, 0.15) is 23.0 Å². The standard InChI is InChI=1S/C36H44N8O4/c1-23-31(42-20-16-36(17-21-42)30(39-34(45)48-35(2,3)4)24-11-5-6-14-27(24)47-36)40-32-29(38-23)33(41-44(32)28-15-7-8-22-46-28)43-19-10-12-25-26(43)13-9-18-37-25/h5-6,9,11,13-14,18,28,30H,7-8,10,12,15-17,19-22H2,1-4H3,(H,39,45)/t28?,30-/m1/s1. The maximum atomic E-state index is 13.0. The van der Waals surface area contributed by atoms with Gasteiger partial charge in [-0.05, 0) is 78.0 Å². The predicted molar refractivity (Wildman–Crippen MR) is 182 cm³/mol. The summed E-state index contributed by atoms with van der Waals surface area (Å²) in [5, 5.41) is 8.34. The number of fused-ring (bicyclic) bond motifs is 3. The van der Waals surface area contributed by atoms with Crippen molar-refractivity contribution in [3.8, 4) is 5.75 Å². The molecule has 1 amide bonds. The monoisotopic (exact) mass is 652 g/mol. The van der Waals surface area contributed by atoms with Gasteiger partial charge in [0.05, 0.1) is 17.1 Å². The normalized spacial score (nSPS) is 21.9. The second-order valence-electron chi connectivity index (χ2n) is 14.4. The lowest BCUT2D eigenvalue weighted by molar-refractivity contribution is -0.0368. The fourth-order valence-corrected chi connectivity index (χ4v) is 7.72. The molecular formula is C36H44N8O4. The number of carbonyl (C=O) groups is 1. The molecule has 1 unspecified atom stereocenters. The van der Waals surface area contributed by atoms with Crippen LogP contribution in [0.4, 0.5) is 22.1 Å². The molecule has 4 aromatic rings. The van der Waals surface area contributed by atoms with E-state index < -0.39 is 17.3 Å². The molecule has 2 fully saturated rings. The van der Waals surface area contributed by atoms with E-state index >= 15 is 0 Å². The molecule has 48 heavy (non-hydrogen) atoms. The highest BCUT2D eigenvalue weighted by molar-refractivity contribution is 5.88. The van der Waals surface area contributed by atoms with Crippen LogP contribution in [0.25, 0.3) is 11.2 Å². The summed E-state index contributed by atoms with van der Waals surface area (Å²) in [6, 6.07) is 11.8. The van der Waals surface area contributed by atoms with Crippen LogP contribution in [-0.4, -0.2) is 68.3 Å². The number of nitrogens with one attached hydrogen (secondary N) is 1. The number of ether oxygens (including phenoxy) is 3. The molecule has 8 rings (SSSR count). The van der Waals surface area contributed by atoms with Crippen molar-refractivity contribution >= 4 is 34.6 Å². The minimum atomic E-state index is -0.599. The molecule has 12 heteroatoms. The van der Waals surface area contributed by atoms with E-state index in [9.17, 15) is 4.79 Å². The number of alkyl carbamates (subject to hydrolysis) is 1. The number of anilines is 3. The van der Waals surface area contributed by atoms with Gasteiger partial charge in [-0.1, -0.05) is 18.2 Å². The van der Waals surface area contributed by atoms with E-state index in [0.29, 0.717) is 32.5 Å². The fourth-order valence-electron chi connectivity index (χ4n) is 7.72. The third kappa shape index (κ3) is 5.49. The zero-order valence-electron chi connectivity index (χ0n) is 28.2. The van der Waals surface area contributed by atoms with Crippen LogP contribution in [0.1, 0.15) is 88.5 Å². The average molecular weight is 653 g/mol. The predicted octanol–water partition coefficient (Wildman–Crippen LogP) is 6.31. The Morgan fingerprint density at radius 3 is 2.65 bits per heavy atom. The van der Waals surface area contributed by atoms with Gasteiger partial charge in [-0.15, -0.1) is 5.10 Å². The first-order valence-corrected chi connectivity index (χ1v) is 17.3. The van der Waals surface area contributed by atoms with E-state index in [-0.39, 0.29) is 12.3 Å². The maximum Gasteiger partial charge on any atom is 0.408 e. The van der Waals surface area contributed by atoms with E-state index in [0.717, 1.165) is 89.8 Å². The molecule has 1 N–H and O–H groups in total. The van der Waals surface area contributed by atoms with Crippen molar-refractivity contribution in [3.05, 3.63) is 59.5 Å². The number of pyridine rings is 1. The minimum Gasteiger partial charge on any atom is -0.484 e. The summed E-state index contributed by atoms with van der Waals surface area (Å²) in [6.07, 6.45) is 7.57. The number of amides is 1. The quantitative estimate of drug-likeness (QED) is 0.269. The lowest BCUT2D eigenvalue weighted by atomic mass is 9.82. The van der Waals surface area contributed by atoms with Crippen LogP contribution < -0.4 is 19.9 Å². The van der Waals surface area contributed by atoms with E-state index in [2.05, 4.69) is 26.2 Å². The molecule has 252 valence electrons. The third-order valence-electron chi connectivity index (χ3n) is 9.93. The fraction of sp³-hybridized carbons (Fsp3) is 0.528. The molecular weight excluding hydrogens is 608 g/mol. The molecule has 2 saturated heterocycles. The van der Waals surface area contributed by atoms with Crippen LogP contribution in [-0.2, 0) is 15.9 Å². The zero-order chi connectivity index (χ0) is 33.0. The van der Waals surface area contributed by atoms with Gasteiger partial charge in [0.15, 0.2) is 29.0 Å². The van der Waals surface area contributed by atoms with Gasteiger partial charge in [-0.2, -0.15) is 0 Å². The van der Waals surface area contributed by atoms with Gasteiger partial charge < -0.3 is 29.3 Å². The van der Waals surface area contributed by atoms with Crippen molar-refractivity contribution in [1.82, 2.24) is 30.0 Å². The summed E-state index contributed by atoms with van der Waals surface area (Å²) in [5.74, 6) is 2.46. The number of rotatable bonds is 4. The highest BCUT2D eigenvalue weighted by Crippen LogP contribution is 2.49. The largest absolute Gasteiger partial charge is 0.484 e. The summed E-state index contributed by atoms with van der Waals surface area (Å²) in [4.78, 5) is 32.7. The second kappa shape index (κ2) is 11.9. The number of aryl methyl sites for hydroxylation is 2. The molecule has 4 aliphatic rings. The van der Waals surface area contributed by atoms with E-state index in [1.807, 2.05) is 68.9 Å². The highest BCUT2D eigenvalue weighted by atomic mass is 16.6. The zero-order valence-corrected chi connectivity index (χ0v) is 28.2. The number of benzene rings is 1. The lowest BCUT2D eigenvalue weighted by Crippen LogP contribution is -2.54. The first kappa shape index (κ1) is 30.9. The van der Waals surface area contributed by atoms with Gasteiger partial charge in [0.25, 0.3) is 0 Å². The number of piperidine rings is 1. The van der Waals surface area contributed by atoms with Crippen molar-refractivity contribution in [1.29, 1.82) is 0 Å². The molecule has 0 bridgehead atoms. The molecule has 3 aromatic heterocycles. The van der Waals surface area contributed by atoms with Crippen LogP contribution in [0.3, 0.4) is 0 Å². The highest BCUT2D eigenvalue weighted by Gasteiger charge is 2.51. The van der Waals surface area contributed by atoms with Crippen LogP contribution in [0, 0.1) is 6.92 Å². The topological polar surface area (TPSA) is 120 Å². The molecule has 1 spiro atoms. The first-order chi connectivity index (χ1) is 23.2. The van der Waals surface area contributed by atoms with Crippen LogP contribution in [0.5, 0.6) is 5.75 Å². The molecule has 7 heterocycles. The van der Waals surface area contributed by atoms with Gasteiger partial charge >= 0.3 is 6.09 Å². The van der Waals surface area contributed by atoms with Gasteiger partial charge in [-0.25, -0.2) is 19.4 Å². The number of hydrogen-bond acceptors (Lipinski definition) is 10. The number of hydrogen-bond donors (Lipinski definition) is 1. The van der Waals surface area contributed by atoms with Gasteiger partial charge in [-0.3, -0.25) is 4.98 Å². The third-order valence-corrected chi connectivity index (χ3v) is 9.93. The molecule has 2 atom stereocenters. The van der Waals surface area contributed by atoms with E-state index in [1.54, 1.807) is 0 Å². The van der Waals surface area contributed by atoms with E-state index in [4.69, 9.17) is 29.3 Å². The number of para-hydroxylation sites is 1. The van der Waals surface area contributed by atoms with Crippen LogP contribution >= 0.6 is 0 Å². The Labute approximate surface area is 280 Å². The smallest absolute Gasteiger partial charge is 0.408 e. The Morgan fingerprint density at radius 2 is 1.85 bits per heavy atom. The van der Waals surface area contributed by atoms with Crippen molar-refractivity contribution in [2.75, 3.05) is 36.0 Å². The number of carbonyl (C=O) groups excluding carboxylic acids is 1.